The molecule has 0 saturated carbocycles. The lowest BCUT2D eigenvalue weighted by Crippen LogP contribution is -2.54. The van der Waals surface area contributed by atoms with E-state index in [0.717, 1.165) is 75.8 Å². The summed E-state index contributed by atoms with van der Waals surface area (Å²) in [6.45, 7) is 7.21. The Kier molecular flexibility index (Phi) is 13.9. The molecule has 0 spiro atoms. The van der Waals surface area contributed by atoms with Gasteiger partial charge in [0.2, 0.25) is 11.8 Å². The van der Waals surface area contributed by atoms with Crippen LogP contribution in [0.5, 0.6) is 11.5 Å². The van der Waals surface area contributed by atoms with Gasteiger partial charge in [0.15, 0.2) is 0 Å². The zero-order valence-electron chi connectivity index (χ0n) is 29.0. The SMILES string of the molecule is O=C(Cc1ccc(O)cc1)OCCC1CCN(CC(=O)N2CCN(C(=O)CN3CCC(CCOC(=O)Cc4ccc(O)cc4)CC3)CC2)CC1. The number of piperidine rings is 2. The van der Waals surface area contributed by atoms with Gasteiger partial charge in [0.1, 0.15) is 11.5 Å². The lowest BCUT2D eigenvalue weighted by atomic mass is 9.94. The van der Waals surface area contributed by atoms with Crippen molar-refractivity contribution >= 4 is 23.8 Å². The van der Waals surface area contributed by atoms with Crippen LogP contribution >= 0.6 is 0 Å². The lowest BCUT2D eigenvalue weighted by molar-refractivity contribution is -0.144. The van der Waals surface area contributed by atoms with Gasteiger partial charge >= 0.3 is 11.9 Å². The van der Waals surface area contributed by atoms with Crippen LogP contribution in [0, 0.1) is 11.8 Å². The number of carbonyl (C=O) groups excluding carboxylic acids is 4. The van der Waals surface area contributed by atoms with E-state index >= 15 is 0 Å². The molecule has 50 heavy (non-hydrogen) atoms. The second-order valence-corrected chi connectivity index (χ2v) is 13.9. The smallest absolute Gasteiger partial charge is 0.310 e. The summed E-state index contributed by atoms with van der Waals surface area (Å²) in [5.74, 6) is 0.984. The molecule has 0 unspecified atom stereocenters. The minimum absolute atomic E-state index is 0.117. The molecule has 12 nitrogen and oxygen atoms in total. The minimum Gasteiger partial charge on any atom is -0.508 e. The highest BCUT2D eigenvalue weighted by Gasteiger charge is 2.29. The van der Waals surface area contributed by atoms with Crippen LogP contribution in [0.15, 0.2) is 48.5 Å². The van der Waals surface area contributed by atoms with Crippen LogP contribution in [-0.4, -0.2) is 132 Å². The van der Waals surface area contributed by atoms with Gasteiger partial charge in [-0.25, -0.2) is 0 Å². The van der Waals surface area contributed by atoms with Crippen molar-refractivity contribution < 1.29 is 38.9 Å². The Balaban J connectivity index is 0.884. The second-order valence-electron chi connectivity index (χ2n) is 13.9. The largest absolute Gasteiger partial charge is 0.508 e. The van der Waals surface area contributed by atoms with Gasteiger partial charge in [-0.3, -0.25) is 29.0 Å². The van der Waals surface area contributed by atoms with Gasteiger partial charge in [-0.2, -0.15) is 0 Å². The van der Waals surface area contributed by atoms with Crippen molar-refractivity contribution in [3.8, 4) is 11.5 Å². The predicted octanol–water partition coefficient (Wildman–Crippen LogP) is 2.84. The number of likely N-dealkylation sites (tertiary alicyclic amines) is 2. The van der Waals surface area contributed by atoms with Gasteiger partial charge in [0.05, 0.1) is 39.1 Å². The molecule has 3 aliphatic heterocycles. The maximum absolute atomic E-state index is 13.1. The van der Waals surface area contributed by atoms with E-state index in [1.807, 2.05) is 9.80 Å². The Morgan fingerprint density at radius 1 is 0.540 bits per heavy atom. The molecule has 0 radical (unpaired) electrons. The number of esters is 2. The first-order valence-electron chi connectivity index (χ1n) is 18.1. The molecule has 5 rings (SSSR count). The Bertz CT molecular complexity index is 1290. The van der Waals surface area contributed by atoms with Crippen LogP contribution in [0.2, 0.25) is 0 Å². The number of amides is 2. The Morgan fingerprint density at radius 2 is 0.880 bits per heavy atom. The molecule has 2 amide bonds. The first-order chi connectivity index (χ1) is 24.2. The number of piperazine rings is 1. The second kappa shape index (κ2) is 18.7. The Hall–Kier alpha value is -4.16. The molecule has 2 aromatic rings. The topological polar surface area (TPSA) is 140 Å². The van der Waals surface area contributed by atoms with E-state index in [4.69, 9.17) is 9.47 Å². The van der Waals surface area contributed by atoms with Crippen molar-refractivity contribution in [1.29, 1.82) is 0 Å². The zero-order valence-corrected chi connectivity index (χ0v) is 29.0. The first-order valence-corrected chi connectivity index (χ1v) is 18.1. The van der Waals surface area contributed by atoms with E-state index in [1.165, 1.54) is 0 Å². The van der Waals surface area contributed by atoms with Gasteiger partial charge in [-0.15, -0.1) is 0 Å². The van der Waals surface area contributed by atoms with E-state index in [-0.39, 0.29) is 48.1 Å². The zero-order chi connectivity index (χ0) is 35.3. The van der Waals surface area contributed by atoms with Gasteiger partial charge in [-0.05, 0) is 112 Å². The molecule has 0 bridgehead atoms. The van der Waals surface area contributed by atoms with Crippen molar-refractivity contribution in [2.45, 2.75) is 51.4 Å². The highest BCUT2D eigenvalue weighted by Crippen LogP contribution is 2.22. The van der Waals surface area contributed by atoms with Crippen LogP contribution in [0.3, 0.4) is 0 Å². The summed E-state index contributed by atoms with van der Waals surface area (Å²) in [5.41, 5.74) is 1.62. The fraction of sp³-hybridized carbons (Fsp3) is 0.579. The number of hydrogen-bond donors (Lipinski definition) is 2. The summed E-state index contributed by atoms with van der Waals surface area (Å²) in [4.78, 5) is 58.6. The average Bonchev–Trinajstić information content (AvgIpc) is 3.12. The van der Waals surface area contributed by atoms with Crippen LogP contribution < -0.4 is 0 Å². The number of nitrogens with zero attached hydrogens (tertiary/aromatic N) is 4. The van der Waals surface area contributed by atoms with E-state index in [2.05, 4.69) is 9.80 Å². The molecular weight excluding hydrogens is 640 g/mol. The highest BCUT2D eigenvalue weighted by atomic mass is 16.5. The van der Waals surface area contributed by atoms with Crippen LogP contribution in [-0.2, 0) is 41.5 Å². The summed E-state index contributed by atoms with van der Waals surface area (Å²) in [6, 6.07) is 13.1. The lowest BCUT2D eigenvalue weighted by Gasteiger charge is -2.38. The molecule has 2 N–H and O–H groups in total. The summed E-state index contributed by atoms with van der Waals surface area (Å²) in [6.07, 6.45) is 5.90. The fourth-order valence-corrected chi connectivity index (χ4v) is 7.00. The van der Waals surface area contributed by atoms with E-state index in [1.54, 1.807) is 48.5 Å². The molecule has 272 valence electrons. The molecule has 0 aromatic heterocycles. The number of carbonyl (C=O) groups is 4. The van der Waals surface area contributed by atoms with Crippen molar-refractivity contribution in [2.75, 3.05) is 78.7 Å². The molecule has 12 heteroatoms. The number of rotatable bonds is 14. The molecule has 3 heterocycles. The molecule has 3 aliphatic rings. The molecule has 3 fully saturated rings. The number of hydrogen-bond acceptors (Lipinski definition) is 10. The van der Waals surface area contributed by atoms with Crippen molar-refractivity contribution in [1.82, 2.24) is 19.6 Å². The third-order valence-corrected chi connectivity index (χ3v) is 10.3. The summed E-state index contributed by atoms with van der Waals surface area (Å²) >= 11 is 0. The number of ether oxygens (including phenoxy) is 2. The minimum atomic E-state index is -0.265. The van der Waals surface area contributed by atoms with Crippen LogP contribution in [0.1, 0.15) is 49.7 Å². The molecular formula is C38H52N4O8. The van der Waals surface area contributed by atoms with E-state index < -0.39 is 0 Å². The van der Waals surface area contributed by atoms with Gasteiger partial charge in [0.25, 0.3) is 0 Å². The molecule has 2 aromatic carbocycles. The maximum atomic E-state index is 13.1. The van der Waals surface area contributed by atoms with Crippen LogP contribution in [0.4, 0.5) is 0 Å². The fourth-order valence-electron chi connectivity index (χ4n) is 7.00. The van der Waals surface area contributed by atoms with Gasteiger partial charge in [0, 0.05) is 26.2 Å². The first kappa shape index (κ1) is 37.1. The molecule has 0 aliphatic carbocycles. The van der Waals surface area contributed by atoms with Gasteiger partial charge < -0.3 is 29.5 Å². The van der Waals surface area contributed by atoms with Crippen molar-refractivity contribution in [3.05, 3.63) is 59.7 Å². The quantitative estimate of drug-likeness (QED) is 0.284. The number of aromatic hydroxyl groups is 2. The summed E-state index contributed by atoms with van der Waals surface area (Å²) in [5, 5.41) is 18.7. The molecule has 0 atom stereocenters. The predicted molar refractivity (Wildman–Crippen MR) is 186 cm³/mol. The monoisotopic (exact) mass is 692 g/mol. The normalized spacial score (nSPS) is 18.2. The number of phenols is 2. The molecule has 3 saturated heterocycles. The van der Waals surface area contributed by atoms with E-state index in [0.29, 0.717) is 64.3 Å². The number of benzene rings is 2. The van der Waals surface area contributed by atoms with Crippen molar-refractivity contribution in [2.24, 2.45) is 11.8 Å². The standard InChI is InChI=1S/C38H52N4O8/c43-33-5-1-31(2-6-33)25-37(47)49-23-13-29-9-15-39(16-10-29)27-35(45)41-19-21-42(22-20-41)36(46)28-40-17-11-30(12-18-40)14-24-50-38(48)26-32-3-7-34(44)8-4-32/h1-8,29-30,43-44H,9-28H2. The van der Waals surface area contributed by atoms with Crippen LogP contribution in [0.25, 0.3) is 0 Å². The third-order valence-electron chi connectivity index (χ3n) is 10.3. The van der Waals surface area contributed by atoms with Gasteiger partial charge in [-0.1, -0.05) is 24.3 Å². The summed E-state index contributed by atoms with van der Waals surface area (Å²) < 4.78 is 10.9. The Labute approximate surface area is 294 Å². The van der Waals surface area contributed by atoms with Crippen molar-refractivity contribution in [3.63, 3.8) is 0 Å². The third kappa shape index (κ3) is 12.0. The maximum Gasteiger partial charge on any atom is 0.310 e. The summed E-state index contributed by atoms with van der Waals surface area (Å²) in [7, 11) is 0. The number of phenolic OH excluding ortho intramolecular Hbond substituents is 2. The Morgan fingerprint density at radius 3 is 1.22 bits per heavy atom. The van der Waals surface area contributed by atoms with E-state index in [9.17, 15) is 29.4 Å². The average molecular weight is 693 g/mol. The highest BCUT2D eigenvalue weighted by molar-refractivity contribution is 5.80.